The Morgan fingerprint density at radius 3 is 2.76 bits per heavy atom. The monoisotopic (exact) mass is 444 g/mol. The van der Waals surface area contributed by atoms with Crippen molar-refractivity contribution < 1.29 is 9.59 Å². The normalized spacial score (nSPS) is 30.5. The van der Waals surface area contributed by atoms with Crippen molar-refractivity contribution in [1.29, 1.82) is 0 Å². The summed E-state index contributed by atoms with van der Waals surface area (Å²) < 4.78 is 0. The molecule has 0 saturated heterocycles. The van der Waals surface area contributed by atoms with Gasteiger partial charge in [-0.05, 0) is 84.5 Å². The molecule has 174 valence electrons. The zero-order valence-corrected chi connectivity index (χ0v) is 20.1. The van der Waals surface area contributed by atoms with E-state index >= 15 is 0 Å². The molecule has 3 aliphatic carbocycles. The molecule has 33 heavy (non-hydrogen) atoms. The first-order valence-electron chi connectivity index (χ1n) is 12.7. The molecule has 4 nitrogen and oxygen atoms in total. The zero-order chi connectivity index (χ0) is 23.2. The molecule has 5 atom stereocenters. The zero-order valence-electron chi connectivity index (χ0n) is 20.1. The number of aryl methyl sites for hydroxylation is 1. The average Bonchev–Trinajstić information content (AvgIpc) is 3.08. The molecule has 1 heterocycles. The smallest absolute Gasteiger partial charge is 0.225 e. The lowest BCUT2D eigenvalue weighted by atomic mass is 9.54. The maximum absolute atomic E-state index is 13.2. The summed E-state index contributed by atoms with van der Waals surface area (Å²) >= 11 is 0. The summed E-state index contributed by atoms with van der Waals surface area (Å²) in [5, 5.41) is 2.96. The van der Waals surface area contributed by atoms with Gasteiger partial charge < -0.3 is 5.32 Å². The fourth-order valence-electron chi connectivity index (χ4n) is 7.19. The molecule has 2 saturated carbocycles. The highest BCUT2D eigenvalue weighted by Crippen LogP contribution is 2.62. The second-order valence-electron chi connectivity index (χ2n) is 11.1. The Morgan fingerprint density at radius 2 is 2.00 bits per heavy atom. The van der Waals surface area contributed by atoms with E-state index in [9.17, 15) is 9.59 Å². The average molecular weight is 445 g/mol. The summed E-state index contributed by atoms with van der Waals surface area (Å²) in [6.07, 6.45) is 8.10. The Hall–Kier alpha value is -2.49. The second kappa shape index (κ2) is 8.70. The second-order valence-corrected chi connectivity index (χ2v) is 11.1. The van der Waals surface area contributed by atoms with E-state index in [-0.39, 0.29) is 11.3 Å². The number of aromatic nitrogens is 1. The standard InChI is InChI=1S/C29H36N2O2/c1-18(2)21-9-12-26(30-17-21)31-27(33)13-10-20-16-25(32)29(3)15-14-23-22-7-5-4-6-19(22)8-11-24(23)28(20)29/h4-7,9,12,17-18,20,23-24,28H,8,10-11,13-16H2,1-3H3,(H,30,31,33)/t20-,23?,24?,28?,29-/m1/s1. The molecule has 1 N–H and O–H groups in total. The minimum Gasteiger partial charge on any atom is -0.311 e. The number of rotatable bonds is 5. The number of nitrogens with zero attached hydrogens (tertiary/aromatic N) is 1. The molecule has 2 fully saturated rings. The van der Waals surface area contributed by atoms with Crippen molar-refractivity contribution in [2.75, 3.05) is 5.32 Å². The Morgan fingerprint density at radius 1 is 1.18 bits per heavy atom. The lowest BCUT2D eigenvalue weighted by molar-refractivity contribution is -0.129. The van der Waals surface area contributed by atoms with E-state index in [4.69, 9.17) is 0 Å². The van der Waals surface area contributed by atoms with Crippen molar-refractivity contribution >= 4 is 17.5 Å². The van der Waals surface area contributed by atoms with Crippen LogP contribution >= 0.6 is 0 Å². The molecule has 1 amide bonds. The van der Waals surface area contributed by atoms with Crippen LogP contribution in [0.15, 0.2) is 42.6 Å². The van der Waals surface area contributed by atoms with Crippen LogP contribution in [0.4, 0.5) is 5.82 Å². The maximum atomic E-state index is 13.2. The molecule has 0 aliphatic heterocycles. The first-order valence-corrected chi connectivity index (χ1v) is 12.7. The number of carbonyl (C=O) groups excluding carboxylic acids is 2. The van der Waals surface area contributed by atoms with Crippen molar-refractivity contribution in [2.24, 2.45) is 23.2 Å². The van der Waals surface area contributed by atoms with Gasteiger partial charge in [-0.25, -0.2) is 4.98 Å². The van der Waals surface area contributed by atoms with E-state index in [0.29, 0.717) is 54.0 Å². The van der Waals surface area contributed by atoms with E-state index in [1.807, 2.05) is 18.3 Å². The largest absolute Gasteiger partial charge is 0.311 e. The molecule has 3 aliphatic rings. The number of Topliss-reactive ketones (excluding diaryl/α,β-unsaturated/α-hetero) is 1. The van der Waals surface area contributed by atoms with Crippen molar-refractivity contribution in [1.82, 2.24) is 4.98 Å². The minimum atomic E-state index is -0.206. The van der Waals surface area contributed by atoms with E-state index in [1.54, 1.807) is 0 Å². The fourth-order valence-corrected chi connectivity index (χ4v) is 7.19. The van der Waals surface area contributed by atoms with Gasteiger partial charge in [-0.3, -0.25) is 9.59 Å². The van der Waals surface area contributed by atoms with Gasteiger partial charge in [0, 0.05) is 24.5 Å². The molecular weight excluding hydrogens is 408 g/mol. The number of nitrogens with one attached hydrogen (secondary N) is 1. The lowest BCUT2D eigenvalue weighted by Crippen LogP contribution is -2.44. The topological polar surface area (TPSA) is 59.1 Å². The van der Waals surface area contributed by atoms with Crippen LogP contribution in [0.2, 0.25) is 0 Å². The third-order valence-corrected chi connectivity index (χ3v) is 8.95. The van der Waals surface area contributed by atoms with Gasteiger partial charge in [0.05, 0.1) is 0 Å². The van der Waals surface area contributed by atoms with Crippen LogP contribution < -0.4 is 5.32 Å². The number of amides is 1. The Labute approximate surface area is 197 Å². The van der Waals surface area contributed by atoms with Gasteiger partial charge in [0.15, 0.2) is 0 Å². The highest BCUT2D eigenvalue weighted by Gasteiger charge is 2.58. The lowest BCUT2D eigenvalue weighted by Gasteiger charge is -2.50. The number of fused-ring (bicyclic) bond motifs is 5. The van der Waals surface area contributed by atoms with Crippen molar-refractivity contribution in [3.8, 4) is 0 Å². The van der Waals surface area contributed by atoms with Gasteiger partial charge in [-0.2, -0.15) is 0 Å². The van der Waals surface area contributed by atoms with Gasteiger partial charge in [0.2, 0.25) is 5.91 Å². The van der Waals surface area contributed by atoms with Crippen molar-refractivity contribution in [3.63, 3.8) is 0 Å². The molecule has 2 aromatic rings. The molecule has 0 radical (unpaired) electrons. The van der Waals surface area contributed by atoms with Crippen LogP contribution in [0.3, 0.4) is 0 Å². The van der Waals surface area contributed by atoms with E-state index in [1.165, 1.54) is 17.5 Å². The van der Waals surface area contributed by atoms with Gasteiger partial charge >= 0.3 is 0 Å². The number of ketones is 1. The summed E-state index contributed by atoms with van der Waals surface area (Å²) in [6, 6.07) is 12.8. The van der Waals surface area contributed by atoms with Crippen molar-refractivity contribution in [3.05, 3.63) is 59.3 Å². The van der Waals surface area contributed by atoms with E-state index in [2.05, 4.69) is 55.3 Å². The first-order chi connectivity index (χ1) is 15.9. The van der Waals surface area contributed by atoms with Crippen LogP contribution in [-0.4, -0.2) is 16.7 Å². The summed E-state index contributed by atoms with van der Waals surface area (Å²) in [7, 11) is 0. The van der Waals surface area contributed by atoms with Crippen LogP contribution in [0, 0.1) is 23.2 Å². The molecular formula is C29H36N2O2. The maximum Gasteiger partial charge on any atom is 0.225 e. The summed E-state index contributed by atoms with van der Waals surface area (Å²) in [4.78, 5) is 30.3. The number of pyridine rings is 1. The fraction of sp³-hybridized carbons (Fsp3) is 0.552. The molecule has 1 aromatic heterocycles. The van der Waals surface area contributed by atoms with Crippen LogP contribution in [0.5, 0.6) is 0 Å². The van der Waals surface area contributed by atoms with E-state index < -0.39 is 0 Å². The molecule has 0 bridgehead atoms. The van der Waals surface area contributed by atoms with Crippen LogP contribution in [0.25, 0.3) is 0 Å². The molecule has 4 heteroatoms. The summed E-state index contributed by atoms with van der Waals surface area (Å²) in [6.45, 7) is 6.48. The Kier molecular flexibility index (Phi) is 5.88. The predicted molar refractivity (Wildman–Crippen MR) is 131 cm³/mol. The quantitative estimate of drug-likeness (QED) is 0.591. The highest BCUT2D eigenvalue weighted by atomic mass is 16.1. The van der Waals surface area contributed by atoms with Crippen LogP contribution in [-0.2, 0) is 16.0 Å². The number of benzene rings is 1. The Bertz CT molecular complexity index is 1040. The van der Waals surface area contributed by atoms with E-state index in [0.717, 1.165) is 31.2 Å². The molecule has 1 aromatic carbocycles. The van der Waals surface area contributed by atoms with Crippen molar-refractivity contribution in [2.45, 2.75) is 77.6 Å². The third kappa shape index (κ3) is 4.02. The third-order valence-electron chi connectivity index (χ3n) is 8.95. The van der Waals surface area contributed by atoms with Crippen LogP contribution in [0.1, 0.15) is 87.8 Å². The first kappa shape index (κ1) is 22.3. The van der Waals surface area contributed by atoms with Gasteiger partial charge in [0.1, 0.15) is 11.6 Å². The molecule has 3 unspecified atom stereocenters. The molecule has 5 rings (SSSR count). The summed E-state index contributed by atoms with van der Waals surface area (Å²) in [5.74, 6) is 3.29. The number of hydrogen-bond donors (Lipinski definition) is 1. The number of anilines is 1. The van der Waals surface area contributed by atoms with Gasteiger partial charge in [-0.15, -0.1) is 0 Å². The summed E-state index contributed by atoms with van der Waals surface area (Å²) in [5.41, 5.74) is 3.97. The minimum absolute atomic E-state index is 0.00204. The predicted octanol–water partition coefficient (Wildman–Crippen LogP) is 6.28. The van der Waals surface area contributed by atoms with Gasteiger partial charge in [0.25, 0.3) is 0 Å². The molecule has 0 spiro atoms. The Balaban J connectivity index is 1.28. The number of hydrogen-bond acceptors (Lipinski definition) is 3. The van der Waals surface area contributed by atoms with Gasteiger partial charge in [-0.1, -0.05) is 51.1 Å². The number of carbonyl (C=O) groups is 2. The SMILES string of the molecule is CC(C)c1ccc(NC(=O)CC[C@@H]2CC(=O)[C@@]3(C)CCC4c5ccccc5CCC4C23)nc1. The highest BCUT2D eigenvalue weighted by molar-refractivity contribution is 5.90.